The first-order chi connectivity index (χ1) is 17.0. The van der Waals surface area contributed by atoms with E-state index in [1.54, 1.807) is 22.7 Å². The molecule has 2 aromatic carbocycles. The number of rotatable bonds is 5. The molecule has 36 heavy (non-hydrogen) atoms. The van der Waals surface area contributed by atoms with Gasteiger partial charge in [-0.05, 0) is 74.5 Å². The molecule has 190 valence electrons. The van der Waals surface area contributed by atoms with Crippen LogP contribution in [0, 0.1) is 0 Å². The molecule has 1 aliphatic heterocycles. The van der Waals surface area contributed by atoms with E-state index in [0.717, 1.165) is 42.7 Å². The molecule has 0 spiro atoms. The number of anilines is 1. The molecule has 0 unspecified atom stereocenters. The van der Waals surface area contributed by atoms with Crippen LogP contribution in [0.2, 0.25) is 0 Å². The number of fused-ring (bicyclic) bond motifs is 3. The minimum atomic E-state index is -5.82. The summed E-state index contributed by atoms with van der Waals surface area (Å²) in [6.07, 6.45) is 3.93. The van der Waals surface area contributed by atoms with E-state index in [4.69, 9.17) is 0 Å². The predicted molar refractivity (Wildman–Crippen MR) is 133 cm³/mol. The van der Waals surface area contributed by atoms with Crippen molar-refractivity contribution < 1.29 is 25.8 Å². The molecule has 1 saturated heterocycles. The van der Waals surface area contributed by atoms with Crippen molar-refractivity contribution in [1.29, 1.82) is 0 Å². The second-order valence-corrected chi connectivity index (χ2v) is 10.6. The zero-order valence-corrected chi connectivity index (χ0v) is 20.6. The second-order valence-electron chi connectivity index (χ2n) is 9.09. The quantitative estimate of drug-likeness (QED) is 0.276. The van der Waals surface area contributed by atoms with Crippen molar-refractivity contribution >= 4 is 32.5 Å². The molecular weight excluding hydrogens is 493 g/mol. The van der Waals surface area contributed by atoms with E-state index in [2.05, 4.69) is 45.2 Å². The highest BCUT2D eigenvalue weighted by Gasteiger charge is 2.48. The van der Waals surface area contributed by atoms with Gasteiger partial charge < -0.3 is 14.0 Å². The van der Waals surface area contributed by atoms with Gasteiger partial charge >= 0.3 is 15.6 Å². The average Bonchev–Trinajstić information content (AvgIpc) is 3.22. The van der Waals surface area contributed by atoms with Crippen LogP contribution >= 0.6 is 0 Å². The van der Waals surface area contributed by atoms with Crippen LogP contribution in [-0.4, -0.2) is 61.4 Å². The van der Waals surface area contributed by atoms with E-state index in [-0.39, 0.29) is 5.52 Å². The van der Waals surface area contributed by atoms with Gasteiger partial charge in [0.25, 0.3) is 0 Å². The van der Waals surface area contributed by atoms with Gasteiger partial charge in [0, 0.05) is 31.0 Å². The Labute approximate surface area is 206 Å². The molecule has 4 aromatic rings. The number of imidazole rings is 1. The molecule has 0 amide bonds. The molecule has 2 aromatic heterocycles. The molecule has 7 nitrogen and oxygen atoms in total. The Kier molecular flexibility index (Phi) is 6.08. The lowest BCUT2D eigenvalue weighted by Crippen LogP contribution is -2.41. The van der Waals surface area contributed by atoms with Gasteiger partial charge in [0.2, 0.25) is 0 Å². The first kappa shape index (κ1) is 24.4. The summed E-state index contributed by atoms with van der Waals surface area (Å²) in [5.41, 5.74) is -1.78. The maximum absolute atomic E-state index is 12.9. The molecule has 0 radical (unpaired) electrons. The third kappa shape index (κ3) is 4.48. The minimum Gasteiger partial charge on any atom is -0.374 e. The normalized spacial score (nSPS) is 15.8. The first-order valence-electron chi connectivity index (χ1n) is 11.5. The van der Waals surface area contributed by atoms with Gasteiger partial charge in [0.05, 0.1) is 5.52 Å². The fourth-order valence-electron chi connectivity index (χ4n) is 4.64. The standard InChI is InChI=1S/C25H25F3N4O3S/c1-30(2)19-12-14-31(15-13-19)20-9-6-17(7-10-20)18-8-11-23-29-21-4-3-5-22(24(21)32(23)16-18)35-36(33,34)25(26,27)28/h3-11,16,19H,12-15H2,1-2H3. The van der Waals surface area contributed by atoms with Crippen LogP contribution < -0.4 is 9.08 Å². The molecule has 11 heteroatoms. The number of aromatic nitrogens is 2. The van der Waals surface area contributed by atoms with Gasteiger partial charge in [-0.15, -0.1) is 0 Å². The van der Waals surface area contributed by atoms with E-state index < -0.39 is 21.4 Å². The van der Waals surface area contributed by atoms with Gasteiger partial charge in [0.1, 0.15) is 11.2 Å². The molecule has 3 heterocycles. The smallest absolute Gasteiger partial charge is 0.374 e. The zero-order valence-electron chi connectivity index (χ0n) is 19.7. The summed E-state index contributed by atoms with van der Waals surface area (Å²) in [5, 5.41) is 0. The summed E-state index contributed by atoms with van der Waals surface area (Å²) in [7, 11) is -1.60. The van der Waals surface area contributed by atoms with Gasteiger partial charge in [-0.2, -0.15) is 21.6 Å². The van der Waals surface area contributed by atoms with Crippen molar-refractivity contribution in [2.24, 2.45) is 0 Å². The molecule has 0 atom stereocenters. The Bertz CT molecular complexity index is 1510. The average molecular weight is 519 g/mol. The van der Waals surface area contributed by atoms with Crippen LogP contribution in [0.15, 0.2) is 60.8 Å². The van der Waals surface area contributed by atoms with Crippen LogP contribution in [0.3, 0.4) is 0 Å². The molecular formula is C25H25F3N4O3S. The van der Waals surface area contributed by atoms with E-state index in [1.807, 2.05) is 18.2 Å². The lowest BCUT2D eigenvalue weighted by Gasteiger charge is -2.36. The second kappa shape index (κ2) is 8.97. The summed E-state index contributed by atoms with van der Waals surface area (Å²) in [5.74, 6) is -0.439. The van der Waals surface area contributed by atoms with E-state index in [0.29, 0.717) is 17.2 Å². The Balaban J connectivity index is 1.47. The van der Waals surface area contributed by atoms with E-state index in [1.165, 1.54) is 12.1 Å². The lowest BCUT2D eigenvalue weighted by molar-refractivity contribution is -0.0499. The summed E-state index contributed by atoms with van der Waals surface area (Å²) >= 11 is 0. The summed E-state index contributed by atoms with van der Waals surface area (Å²) in [6.45, 7) is 1.97. The molecule has 1 fully saturated rings. The van der Waals surface area contributed by atoms with Crippen LogP contribution in [0.5, 0.6) is 5.75 Å². The SMILES string of the molecule is CN(C)C1CCN(c2ccc(-c3ccc4nc5cccc(OS(=O)(=O)C(F)(F)F)c5n4c3)cc2)CC1. The Hall–Kier alpha value is -3.31. The fraction of sp³-hybridized carbons (Fsp3) is 0.320. The first-order valence-corrected chi connectivity index (χ1v) is 12.9. The molecule has 0 aliphatic carbocycles. The van der Waals surface area contributed by atoms with Crippen molar-refractivity contribution in [3.05, 3.63) is 60.8 Å². The molecule has 5 rings (SSSR count). The van der Waals surface area contributed by atoms with Crippen molar-refractivity contribution in [2.45, 2.75) is 24.4 Å². The van der Waals surface area contributed by atoms with E-state index in [9.17, 15) is 21.6 Å². The van der Waals surface area contributed by atoms with Crippen LogP contribution in [-0.2, 0) is 10.1 Å². The van der Waals surface area contributed by atoms with Crippen LogP contribution in [0.1, 0.15) is 12.8 Å². The lowest BCUT2D eigenvalue weighted by atomic mass is 10.0. The number of halogens is 3. The number of hydrogen-bond acceptors (Lipinski definition) is 6. The largest absolute Gasteiger partial charge is 0.534 e. The third-order valence-electron chi connectivity index (χ3n) is 6.62. The minimum absolute atomic E-state index is 0.141. The van der Waals surface area contributed by atoms with Crippen molar-refractivity contribution in [2.75, 3.05) is 32.1 Å². The molecule has 0 bridgehead atoms. The number of para-hydroxylation sites is 1. The number of piperidine rings is 1. The van der Waals surface area contributed by atoms with Crippen LogP contribution in [0.25, 0.3) is 27.8 Å². The highest BCUT2D eigenvalue weighted by Crippen LogP contribution is 2.33. The zero-order chi connectivity index (χ0) is 25.7. The summed E-state index contributed by atoms with van der Waals surface area (Å²) in [4.78, 5) is 9.02. The Morgan fingerprint density at radius 1 is 0.972 bits per heavy atom. The number of benzene rings is 2. The number of pyridine rings is 1. The Morgan fingerprint density at radius 3 is 2.28 bits per heavy atom. The summed E-state index contributed by atoms with van der Waals surface area (Å²) in [6, 6.07) is 16.5. The topological polar surface area (TPSA) is 67.2 Å². The molecule has 0 N–H and O–H groups in total. The fourth-order valence-corrected chi connectivity index (χ4v) is 5.10. The van der Waals surface area contributed by atoms with Gasteiger partial charge in [0.15, 0.2) is 5.75 Å². The highest BCUT2D eigenvalue weighted by molar-refractivity contribution is 7.88. The maximum Gasteiger partial charge on any atom is 0.534 e. The maximum atomic E-state index is 12.9. The Morgan fingerprint density at radius 2 is 1.64 bits per heavy atom. The summed E-state index contributed by atoms with van der Waals surface area (Å²) < 4.78 is 68.1. The molecule has 1 aliphatic rings. The monoisotopic (exact) mass is 518 g/mol. The van der Waals surface area contributed by atoms with Crippen molar-refractivity contribution in [1.82, 2.24) is 14.3 Å². The van der Waals surface area contributed by atoms with Gasteiger partial charge in [-0.25, -0.2) is 4.98 Å². The van der Waals surface area contributed by atoms with E-state index >= 15 is 0 Å². The van der Waals surface area contributed by atoms with Gasteiger partial charge in [-0.3, -0.25) is 4.40 Å². The van der Waals surface area contributed by atoms with Crippen molar-refractivity contribution in [3.8, 4) is 16.9 Å². The predicted octanol–water partition coefficient (Wildman–Crippen LogP) is 4.91. The number of nitrogens with zero attached hydrogens (tertiary/aromatic N) is 4. The number of hydrogen-bond donors (Lipinski definition) is 0. The van der Waals surface area contributed by atoms with Gasteiger partial charge in [-0.1, -0.05) is 18.2 Å². The highest BCUT2D eigenvalue weighted by atomic mass is 32.2. The van der Waals surface area contributed by atoms with Crippen molar-refractivity contribution in [3.63, 3.8) is 0 Å². The third-order valence-corrected chi connectivity index (χ3v) is 7.59. The number of alkyl halides is 3. The molecule has 0 saturated carbocycles. The van der Waals surface area contributed by atoms with Crippen LogP contribution in [0.4, 0.5) is 18.9 Å².